The van der Waals surface area contributed by atoms with Gasteiger partial charge in [0.15, 0.2) is 0 Å². The first-order valence-electron chi connectivity index (χ1n) is 9.77. The molecule has 0 atom stereocenters. The summed E-state index contributed by atoms with van der Waals surface area (Å²) >= 11 is 0. The molecule has 2 aromatic heterocycles. The number of aromatic nitrogens is 3. The number of para-hydroxylation sites is 1. The molecule has 3 N–H and O–H groups in total. The van der Waals surface area contributed by atoms with E-state index in [1.807, 2.05) is 12.3 Å². The van der Waals surface area contributed by atoms with Crippen LogP contribution in [0.15, 0.2) is 42.7 Å². The molecule has 0 spiro atoms. The summed E-state index contributed by atoms with van der Waals surface area (Å²) in [5, 5.41) is 8.25. The molecule has 0 radical (unpaired) electrons. The van der Waals surface area contributed by atoms with Gasteiger partial charge in [-0.3, -0.25) is 0 Å². The quantitative estimate of drug-likeness (QED) is 0.562. The summed E-state index contributed by atoms with van der Waals surface area (Å²) in [6.45, 7) is 0.814. The first-order chi connectivity index (χ1) is 12.9. The summed E-state index contributed by atoms with van der Waals surface area (Å²) in [5.74, 6) is 1.63. The standard InChI is InChI=1S/C21H27N5/c1-2-4-8-17(7-3-1)25-20-12-14-23-21(26-20)22-13-11-16-15-24-19-10-6-5-9-18(16)19/h5-6,9-10,12,14-15,17,24H,1-4,7-8,11,13H2,(H2,22,23,25,26). The van der Waals surface area contributed by atoms with Crippen molar-refractivity contribution in [2.75, 3.05) is 17.2 Å². The van der Waals surface area contributed by atoms with Gasteiger partial charge in [0.2, 0.25) is 5.95 Å². The van der Waals surface area contributed by atoms with E-state index in [-0.39, 0.29) is 0 Å². The third kappa shape index (κ3) is 4.15. The monoisotopic (exact) mass is 349 g/mol. The van der Waals surface area contributed by atoms with Crippen LogP contribution in [0, 0.1) is 0 Å². The van der Waals surface area contributed by atoms with Crippen LogP contribution >= 0.6 is 0 Å². The van der Waals surface area contributed by atoms with Gasteiger partial charge in [-0.15, -0.1) is 0 Å². The molecule has 5 nitrogen and oxygen atoms in total. The number of hydrogen-bond donors (Lipinski definition) is 3. The van der Waals surface area contributed by atoms with Crippen molar-refractivity contribution in [1.82, 2.24) is 15.0 Å². The molecule has 0 aliphatic heterocycles. The van der Waals surface area contributed by atoms with Crippen LogP contribution < -0.4 is 10.6 Å². The van der Waals surface area contributed by atoms with Crippen molar-refractivity contribution in [1.29, 1.82) is 0 Å². The number of hydrogen-bond acceptors (Lipinski definition) is 4. The van der Waals surface area contributed by atoms with Gasteiger partial charge in [0.1, 0.15) is 5.82 Å². The van der Waals surface area contributed by atoms with Crippen LogP contribution in [0.3, 0.4) is 0 Å². The van der Waals surface area contributed by atoms with Gasteiger partial charge in [0.25, 0.3) is 0 Å². The van der Waals surface area contributed by atoms with Crippen molar-refractivity contribution >= 4 is 22.7 Å². The SMILES string of the molecule is c1ccc2c(CCNc3nccc(NC4CCCCCC4)n3)c[nH]c2c1. The molecule has 1 saturated carbocycles. The molecule has 26 heavy (non-hydrogen) atoms. The van der Waals surface area contributed by atoms with Gasteiger partial charge in [-0.05, 0) is 37.0 Å². The van der Waals surface area contributed by atoms with Gasteiger partial charge in [0.05, 0.1) is 0 Å². The van der Waals surface area contributed by atoms with Crippen LogP contribution in [-0.4, -0.2) is 27.5 Å². The summed E-state index contributed by atoms with van der Waals surface area (Å²) in [4.78, 5) is 12.3. The summed E-state index contributed by atoms with van der Waals surface area (Å²) in [5.41, 5.74) is 2.51. The Labute approximate surface area is 154 Å². The Balaban J connectivity index is 1.33. The van der Waals surface area contributed by atoms with Gasteiger partial charge in [0, 0.05) is 35.9 Å². The zero-order valence-electron chi connectivity index (χ0n) is 15.2. The van der Waals surface area contributed by atoms with E-state index < -0.39 is 0 Å². The van der Waals surface area contributed by atoms with E-state index in [9.17, 15) is 0 Å². The van der Waals surface area contributed by atoms with Crippen molar-refractivity contribution in [3.05, 3.63) is 48.3 Å². The van der Waals surface area contributed by atoms with Crippen molar-refractivity contribution in [2.24, 2.45) is 0 Å². The Kier molecular flexibility index (Phi) is 5.33. The molecular formula is C21H27N5. The lowest BCUT2D eigenvalue weighted by Gasteiger charge is -2.17. The van der Waals surface area contributed by atoms with E-state index in [0.717, 1.165) is 18.8 Å². The summed E-state index contributed by atoms with van der Waals surface area (Å²) < 4.78 is 0. The third-order valence-corrected chi connectivity index (χ3v) is 5.22. The highest BCUT2D eigenvalue weighted by Crippen LogP contribution is 2.21. The Morgan fingerprint density at radius 3 is 2.77 bits per heavy atom. The Hall–Kier alpha value is -2.56. The molecule has 5 heteroatoms. The van der Waals surface area contributed by atoms with Crippen LogP contribution in [0.1, 0.15) is 44.1 Å². The third-order valence-electron chi connectivity index (χ3n) is 5.22. The fourth-order valence-electron chi connectivity index (χ4n) is 3.80. The average molecular weight is 349 g/mol. The van der Waals surface area contributed by atoms with E-state index in [1.165, 1.54) is 55.0 Å². The molecule has 3 aromatic rings. The highest BCUT2D eigenvalue weighted by atomic mass is 15.1. The highest BCUT2D eigenvalue weighted by Gasteiger charge is 2.12. The smallest absolute Gasteiger partial charge is 0.224 e. The van der Waals surface area contributed by atoms with Gasteiger partial charge < -0.3 is 15.6 Å². The first-order valence-corrected chi connectivity index (χ1v) is 9.77. The number of nitrogens with one attached hydrogen (secondary N) is 3. The van der Waals surface area contributed by atoms with E-state index in [4.69, 9.17) is 0 Å². The van der Waals surface area contributed by atoms with Crippen LogP contribution in [0.25, 0.3) is 10.9 Å². The van der Waals surface area contributed by atoms with E-state index in [0.29, 0.717) is 12.0 Å². The summed E-state index contributed by atoms with van der Waals surface area (Å²) in [6.07, 6.45) is 12.7. The normalized spacial score (nSPS) is 15.7. The molecule has 1 aromatic carbocycles. The highest BCUT2D eigenvalue weighted by molar-refractivity contribution is 5.83. The Morgan fingerprint density at radius 2 is 1.88 bits per heavy atom. The lowest BCUT2D eigenvalue weighted by Crippen LogP contribution is -2.19. The lowest BCUT2D eigenvalue weighted by atomic mass is 10.1. The maximum Gasteiger partial charge on any atom is 0.224 e. The Morgan fingerprint density at radius 1 is 1.04 bits per heavy atom. The number of H-pyrrole nitrogens is 1. The minimum Gasteiger partial charge on any atom is -0.367 e. The zero-order chi connectivity index (χ0) is 17.6. The second-order valence-electron chi connectivity index (χ2n) is 7.13. The van der Waals surface area contributed by atoms with Crippen molar-refractivity contribution < 1.29 is 0 Å². The number of nitrogens with zero attached hydrogens (tertiary/aromatic N) is 2. The van der Waals surface area contributed by atoms with Gasteiger partial charge in [-0.1, -0.05) is 43.9 Å². The van der Waals surface area contributed by atoms with Crippen molar-refractivity contribution in [2.45, 2.75) is 51.0 Å². The largest absolute Gasteiger partial charge is 0.367 e. The molecule has 1 aliphatic carbocycles. The minimum absolute atomic E-state index is 0.548. The fourth-order valence-corrected chi connectivity index (χ4v) is 3.80. The van der Waals surface area contributed by atoms with Crippen LogP contribution in [0.2, 0.25) is 0 Å². The van der Waals surface area contributed by atoms with E-state index in [2.05, 4.69) is 56.0 Å². The number of rotatable bonds is 6. The number of fused-ring (bicyclic) bond motifs is 1. The number of benzene rings is 1. The maximum absolute atomic E-state index is 4.64. The predicted molar refractivity (Wildman–Crippen MR) is 108 cm³/mol. The lowest BCUT2D eigenvalue weighted by molar-refractivity contribution is 0.617. The molecule has 0 bridgehead atoms. The molecule has 1 fully saturated rings. The van der Waals surface area contributed by atoms with E-state index >= 15 is 0 Å². The maximum atomic E-state index is 4.64. The van der Waals surface area contributed by atoms with Gasteiger partial charge in [-0.2, -0.15) is 4.98 Å². The molecule has 1 aliphatic rings. The summed E-state index contributed by atoms with van der Waals surface area (Å²) in [6, 6.07) is 10.9. The topological polar surface area (TPSA) is 65.6 Å². The zero-order valence-corrected chi connectivity index (χ0v) is 15.2. The molecule has 0 unspecified atom stereocenters. The van der Waals surface area contributed by atoms with Gasteiger partial charge >= 0.3 is 0 Å². The minimum atomic E-state index is 0.548. The molecule has 2 heterocycles. The predicted octanol–water partition coefficient (Wildman–Crippen LogP) is 4.75. The molecule has 0 saturated heterocycles. The van der Waals surface area contributed by atoms with Crippen LogP contribution in [0.5, 0.6) is 0 Å². The second-order valence-corrected chi connectivity index (χ2v) is 7.13. The Bertz CT molecular complexity index is 833. The number of anilines is 2. The van der Waals surface area contributed by atoms with Crippen molar-refractivity contribution in [3.63, 3.8) is 0 Å². The van der Waals surface area contributed by atoms with Crippen molar-refractivity contribution in [3.8, 4) is 0 Å². The molecule has 0 amide bonds. The van der Waals surface area contributed by atoms with Crippen LogP contribution in [0.4, 0.5) is 11.8 Å². The summed E-state index contributed by atoms with van der Waals surface area (Å²) in [7, 11) is 0. The fraction of sp³-hybridized carbons (Fsp3) is 0.429. The van der Waals surface area contributed by atoms with E-state index in [1.54, 1.807) is 0 Å². The van der Waals surface area contributed by atoms with Gasteiger partial charge in [-0.25, -0.2) is 4.98 Å². The molecule has 4 rings (SSSR count). The van der Waals surface area contributed by atoms with Crippen LogP contribution in [-0.2, 0) is 6.42 Å². The average Bonchev–Trinajstić information content (AvgIpc) is 2.90. The molecule has 136 valence electrons. The second kappa shape index (κ2) is 8.21. The number of aromatic amines is 1. The first kappa shape index (κ1) is 16.9. The molecular weight excluding hydrogens is 322 g/mol.